The van der Waals surface area contributed by atoms with E-state index in [4.69, 9.17) is 0 Å². The Bertz CT molecular complexity index is 406. The molecule has 0 aromatic heterocycles. The van der Waals surface area contributed by atoms with Crippen LogP contribution >= 0.6 is 0 Å². The Labute approximate surface area is 115 Å². The van der Waals surface area contributed by atoms with E-state index in [1.54, 1.807) is 0 Å². The second-order valence-corrected chi connectivity index (χ2v) is 11.3. The van der Waals surface area contributed by atoms with Crippen LogP contribution in [0, 0.1) is 11.8 Å². The summed E-state index contributed by atoms with van der Waals surface area (Å²) in [5.41, 5.74) is 0. The van der Waals surface area contributed by atoms with Crippen LogP contribution in [0.4, 0.5) is 0 Å². The zero-order chi connectivity index (χ0) is 11.3. The number of rotatable bonds is 2. The van der Waals surface area contributed by atoms with Crippen molar-refractivity contribution in [2.24, 2.45) is 11.8 Å². The summed E-state index contributed by atoms with van der Waals surface area (Å²) in [4.78, 5) is 0. The van der Waals surface area contributed by atoms with Gasteiger partial charge in [0.05, 0.1) is 0 Å². The van der Waals surface area contributed by atoms with Crippen molar-refractivity contribution in [3.05, 3.63) is 48.6 Å². The van der Waals surface area contributed by atoms with Crippen molar-refractivity contribution in [1.82, 2.24) is 0 Å². The maximum absolute atomic E-state index is 2.58. The molecule has 4 unspecified atom stereocenters. The van der Waals surface area contributed by atoms with Crippen LogP contribution in [-0.4, -0.2) is 0 Å². The van der Waals surface area contributed by atoms with Crippen LogP contribution in [-0.2, 0) is 23.2 Å². The Morgan fingerprint density at radius 1 is 0.765 bits per heavy atom. The van der Waals surface area contributed by atoms with Crippen molar-refractivity contribution in [3.63, 3.8) is 0 Å². The molecule has 0 radical (unpaired) electrons. The zero-order valence-corrected chi connectivity index (χ0v) is 12.6. The van der Waals surface area contributed by atoms with E-state index in [-0.39, 0.29) is 0 Å². The third kappa shape index (κ3) is 1.73. The van der Waals surface area contributed by atoms with Gasteiger partial charge in [0.1, 0.15) is 0 Å². The molecule has 0 N–H and O–H groups in total. The molecule has 0 spiro atoms. The summed E-state index contributed by atoms with van der Waals surface area (Å²) in [6.45, 7) is 0. The number of hydrogen-bond donors (Lipinski definition) is 0. The molecule has 4 rings (SSSR count). The molecule has 0 aliphatic heterocycles. The molecular weight excluding hydrogens is 283 g/mol. The topological polar surface area (TPSA) is 0 Å². The third-order valence-electron chi connectivity index (χ3n) is 4.71. The number of allylic oxidation sites excluding steroid dienone is 8. The van der Waals surface area contributed by atoms with Crippen molar-refractivity contribution in [1.29, 1.82) is 0 Å². The van der Waals surface area contributed by atoms with E-state index in [1.165, 1.54) is 25.7 Å². The van der Waals surface area contributed by atoms with Crippen LogP contribution in [0.5, 0.6) is 0 Å². The van der Waals surface area contributed by atoms with E-state index in [0.29, 0.717) is 6.25 Å². The van der Waals surface area contributed by atoms with Gasteiger partial charge in [-0.2, -0.15) is 0 Å². The fourth-order valence-electron chi connectivity index (χ4n) is 3.93. The first-order valence-electron chi connectivity index (χ1n) is 6.81. The fraction of sp³-hybridized carbons (Fsp3) is 0.500. The second-order valence-electron chi connectivity index (χ2n) is 6.13. The molecule has 4 atom stereocenters. The van der Waals surface area contributed by atoms with Crippen LogP contribution in [0.3, 0.4) is 0 Å². The summed E-state index contributed by atoms with van der Waals surface area (Å²) in [5.74, 6) is 1.73. The predicted octanol–water partition coefficient (Wildman–Crippen LogP) is 4.46. The van der Waals surface area contributed by atoms with Crippen molar-refractivity contribution in [2.45, 2.75) is 31.9 Å². The molecule has 0 fully saturated rings. The first-order chi connectivity index (χ1) is 8.28. The van der Waals surface area contributed by atoms with Gasteiger partial charge in [-0.05, 0) is 0 Å². The summed E-state index contributed by atoms with van der Waals surface area (Å²) in [5, 5.41) is 0. The Kier molecular flexibility index (Phi) is 2.32. The molecule has 17 heavy (non-hydrogen) atoms. The quantitative estimate of drug-likeness (QED) is 0.661. The molecule has 1 heteroatoms. The zero-order valence-electron chi connectivity index (χ0n) is 10.1. The SMILES string of the molecule is C1=C[C]2([Zr][C]34C=CCC(C=C3)C4)C=CC(C1)C2. The van der Waals surface area contributed by atoms with Gasteiger partial charge in [-0.3, -0.25) is 0 Å². The fourth-order valence-corrected chi connectivity index (χ4v) is 9.73. The van der Waals surface area contributed by atoms with E-state index in [0.717, 1.165) is 11.8 Å². The molecular formula is C16H18Zr. The summed E-state index contributed by atoms with van der Waals surface area (Å²) in [6.07, 6.45) is 25.6. The molecule has 0 amide bonds. The Balaban J connectivity index is 1.65. The minimum atomic E-state index is -0.484. The Morgan fingerprint density at radius 3 is 1.82 bits per heavy atom. The van der Waals surface area contributed by atoms with Crippen molar-refractivity contribution in [2.75, 3.05) is 0 Å². The standard InChI is InChI=1S/2C8H9.Zr/c2*1-2-7-4-5-8(3-1)6-7;/h2*1-2,4-5,8H,3,6H2;. The van der Waals surface area contributed by atoms with Gasteiger partial charge in [-0.25, -0.2) is 0 Å². The second kappa shape index (κ2) is 3.67. The molecule has 86 valence electrons. The van der Waals surface area contributed by atoms with Gasteiger partial charge in [0.2, 0.25) is 0 Å². The molecule has 0 aromatic rings. The molecule has 0 nitrogen and oxygen atoms in total. The molecule has 4 aliphatic rings. The van der Waals surface area contributed by atoms with Gasteiger partial charge >= 0.3 is 116 Å². The summed E-state index contributed by atoms with van der Waals surface area (Å²) in [7, 11) is 0. The van der Waals surface area contributed by atoms with Crippen molar-refractivity contribution >= 4 is 0 Å². The van der Waals surface area contributed by atoms with Crippen molar-refractivity contribution < 1.29 is 23.2 Å². The van der Waals surface area contributed by atoms with Crippen LogP contribution in [0.2, 0.25) is 6.25 Å². The first kappa shape index (κ1) is 10.7. The molecule has 4 bridgehead atoms. The summed E-state index contributed by atoms with van der Waals surface area (Å²) in [6, 6.07) is 0. The predicted molar refractivity (Wildman–Crippen MR) is 67.4 cm³/mol. The molecule has 0 saturated heterocycles. The first-order valence-corrected chi connectivity index (χ1v) is 9.27. The van der Waals surface area contributed by atoms with Gasteiger partial charge in [-0.1, -0.05) is 0 Å². The van der Waals surface area contributed by atoms with Gasteiger partial charge in [-0.15, -0.1) is 0 Å². The van der Waals surface area contributed by atoms with Crippen LogP contribution in [0.1, 0.15) is 25.7 Å². The van der Waals surface area contributed by atoms with Crippen molar-refractivity contribution in [3.8, 4) is 0 Å². The monoisotopic (exact) mass is 300 g/mol. The van der Waals surface area contributed by atoms with Crippen LogP contribution in [0.25, 0.3) is 0 Å². The normalized spacial score (nSPS) is 48.9. The molecule has 4 aliphatic carbocycles. The summed E-state index contributed by atoms with van der Waals surface area (Å²) < 4.78 is 1.10. The minimum absolute atomic E-state index is 0.484. The van der Waals surface area contributed by atoms with E-state index >= 15 is 0 Å². The van der Waals surface area contributed by atoms with E-state index in [9.17, 15) is 0 Å². The van der Waals surface area contributed by atoms with E-state index < -0.39 is 23.2 Å². The molecule has 0 heterocycles. The van der Waals surface area contributed by atoms with Gasteiger partial charge < -0.3 is 0 Å². The maximum atomic E-state index is 2.58. The summed E-state index contributed by atoms with van der Waals surface area (Å²) >= 11 is -0.484. The average Bonchev–Trinajstić information content (AvgIpc) is 2.77. The number of hydrogen-bond acceptors (Lipinski definition) is 0. The van der Waals surface area contributed by atoms with E-state index in [1.807, 2.05) is 0 Å². The Morgan fingerprint density at radius 2 is 1.29 bits per heavy atom. The Hall–Kier alpha value is -0.157. The van der Waals surface area contributed by atoms with E-state index in [2.05, 4.69) is 48.6 Å². The number of fused-ring (bicyclic) bond motifs is 4. The molecule has 0 aromatic carbocycles. The third-order valence-corrected chi connectivity index (χ3v) is 9.64. The van der Waals surface area contributed by atoms with Gasteiger partial charge in [0.15, 0.2) is 0 Å². The van der Waals surface area contributed by atoms with Gasteiger partial charge in [0.25, 0.3) is 0 Å². The molecule has 0 saturated carbocycles. The average molecular weight is 302 g/mol. The van der Waals surface area contributed by atoms with Gasteiger partial charge in [0, 0.05) is 0 Å². The van der Waals surface area contributed by atoms with Crippen LogP contribution < -0.4 is 0 Å². The van der Waals surface area contributed by atoms with Crippen LogP contribution in [0.15, 0.2) is 48.6 Å².